The van der Waals surface area contributed by atoms with Gasteiger partial charge in [0.2, 0.25) is 0 Å². The van der Waals surface area contributed by atoms with Gasteiger partial charge in [-0.3, -0.25) is 9.89 Å². The van der Waals surface area contributed by atoms with Crippen molar-refractivity contribution in [3.8, 4) is 0 Å². The Labute approximate surface area is 101 Å². The van der Waals surface area contributed by atoms with E-state index in [1.54, 1.807) is 0 Å². The van der Waals surface area contributed by atoms with Crippen molar-refractivity contribution in [1.82, 2.24) is 15.5 Å². The number of hydrogen-bond acceptors (Lipinski definition) is 3. The van der Waals surface area contributed by atoms with Crippen LogP contribution >= 0.6 is 0 Å². The lowest BCUT2D eigenvalue weighted by molar-refractivity contribution is 0.0938. The standard InChI is InChI=1S/C12H19N3O2/c16-8-7-13-12(17)11-9-5-3-1-2-4-6-10(9)14-15-11/h16H,1-8H2,(H,13,17)(H,14,15). The van der Waals surface area contributed by atoms with Crippen LogP contribution in [0.5, 0.6) is 0 Å². The SMILES string of the molecule is O=C(NCCO)c1n[nH]c2c1CCCCCC2. The van der Waals surface area contributed by atoms with Gasteiger partial charge in [0.1, 0.15) is 0 Å². The fraction of sp³-hybridized carbons (Fsp3) is 0.667. The number of nitrogens with one attached hydrogen (secondary N) is 2. The molecule has 0 radical (unpaired) electrons. The van der Waals surface area contributed by atoms with Gasteiger partial charge in [-0.2, -0.15) is 5.10 Å². The average Bonchev–Trinajstić information content (AvgIpc) is 2.68. The molecule has 0 spiro atoms. The highest BCUT2D eigenvalue weighted by Gasteiger charge is 2.19. The maximum Gasteiger partial charge on any atom is 0.272 e. The number of aliphatic hydroxyl groups is 1. The highest BCUT2D eigenvalue weighted by molar-refractivity contribution is 5.93. The molecule has 0 fully saturated rings. The highest BCUT2D eigenvalue weighted by Crippen LogP contribution is 2.21. The Bertz CT molecular complexity index is 387. The Kier molecular flexibility index (Phi) is 4.14. The van der Waals surface area contributed by atoms with Gasteiger partial charge in [-0.05, 0) is 25.7 Å². The van der Waals surface area contributed by atoms with Gasteiger partial charge in [0.15, 0.2) is 5.69 Å². The summed E-state index contributed by atoms with van der Waals surface area (Å²) < 4.78 is 0. The Balaban J connectivity index is 2.14. The molecule has 0 atom stereocenters. The normalized spacial score (nSPS) is 15.8. The second-order valence-corrected chi connectivity index (χ2v) is 4.42. The molecule has 3 N–H and O–H groups in total. The van der Waals surface area contributed by atoms with Gasteiger partial charge >= 0.3 is 0 Å². The molecule has 0 unspecified atom stereocenters. The molecule has 0 aliphatic heterocycles. The minimum atomic E-state index is -0.183. The van der Waals surface area contributed by atoms with Crippen molar-refractivity contribution in [2.24, 2.45) is 0 Å². The summed E-state index contributed by atoms with van der Waals surface area (Å²) in [5.41, 5.74) is 2.69. The summed E-state index contributed by atoms with van der Waals surface area (Å²) in [4.78, 5) is 11.8. The zero-order valence-electron chi connectivity index (χ0n) is 9.96. The van der Waals surface area contributed by atoms with Crippen LogP contribution in [-0.2, 0) is 12.8 Å². The van der Waals surface area contributed by atoms with E-state index >= 15 is 0 Å². The number of fused-ring (bicyclic) bond motifs is 1. The summed E-state index contributed by atoms with van der Waals surface area (Å²) >= 11 is 0. The largest absolute Gasteiger partial charge is 0.395 e. The van der Waals surface area contributed by atoms with E-state index in [4.69, 9.17) is 5.11 Å². The van der Waals surface area contributed by atoms with Gasteiger partial charge in [0, 0.05) is 17.8 Å². The topological polar surface area (TPSA) is 78.0 Å². The third kappa shape index (κ3) is 2.85. The van der Waals surface area contributed by atoms with E-state index in [-0.39, 0.29) is 19.1 Å². The number of carbonyl (C=O) groups is 1. The van der Waals surface area contributed by atoms with Crippen molar-refractivity contribution in [3.05, 3.63) is 17.0 Å². The summed E-state index contributed by atoms with van der Waals surface area (Å²) in [6, 6.07) is 0. The molecule has 5 heteroatoms. The first-order valence-electron chi connectivity index (χ1n) is 6.28. The summed E-state index contributed by atoms with van der Waals surface area (Å²) in [7, 11) is 0. The Morgan fingerprint density at radius 1 is 1.29 bits per heavy atom. The zero-order valence-corrected chi connectivity index (χ0v) is 9.96. The molecule has 1 amide bonds. The Morgan fingerprint density at radius 3 is 2.82 bits per heavy atom. The predicted molar refractivity (Wildman–Crippen MR) is 63.9 cm³/mol. The number of nitrogens with zero attached hydrogens (tertiary/aromatic N) is 1. The first-order chi connectivity index (χ1) is 8.33. The van der Waals surface area contributed by atoms with E-state index in [0.29, 0.717) is 5.69 Å². The van der Waals surface area contributed by atoms with Crippen molar-refractivity contribution < 1.29 is 9.90 Å². The monoisotopic (exact) mass is 237 g/mol. The molecule has 1 aromatic rings. The average molecular weight is 237 g/mol. The van der Waals surface area contributed by atoms with E-state index in [9.17, 15) is 4.79 Å². The maximum absolute atomic E-state index is 11.8. The molecule has 17 heavy (non-hydrogen) atoms. The Hall–Kier alpha value is -1.36. The number of aromatic nitrogens is 2. The minimum Gasteiger partial charge on any atom is -0.395 e. The van der Waals surface area contributed by atoms with Gasteiger partial charge in [0.05, 0.1) is 6.61 Å². The highest BCUT2D eigenvalue weighted by atomic mass is 16.3. The molecule has 0 bridgehead atoms. The number of rotatable bonds is 3. The number of H-pyrrole nitrogens is 1. The van der Waals surface area contributed by atoms with Crippen molar-refractivity contribution in [1.29, 1.82) is 0 Å². The van der Waals surface area contributed by atoms with Gasteiger partial charge in [0.25, 0.3) is 5.91 Å². The molecular formula is C12H19N3O2. The third-order valence-electron chi connectivity index (χ3n) is 3.17. The fourth-order valence-corrected chi connectivity index (χ4v) is 2.28. The second kappa shape index (κ2) is 5.82. The second-order valence-electron chi connectivity index (χ2n) is 4.42. The van der Waals surface area contributed by atoms with Crippen molar-refractivity contribution >= 4 is 5.91 Å². The van der Waals surface area contributed by atoms with E-state index in [1.807, 2.05) is 0 Å². The van der Waals surface area contributed by atoms with Crippen molar-refractivity contribution in [2.75, 3.05) is 13.2 Å². The van der Waals surface area contributed by atoms with Crippen LogP contribution in [0.2, 0.25) is 0 Å². The number of amides is 1. The summed E-state index contributed by atoms with van der Waals surface area (Å²) in [6.45, 7) is 0.235. The number of hydrogen-bond donors (Lipinski definition) is 3. The van der Waals surface area contributed by atoms with Gasteiger partial charge in [-0.25, -0.2) is 0 Å². The first-order valence-corrected chi connectivity index (χ1v) is 6.28. The molecule has 1 heterocycles. The fourth-order valence-electron chi connectivity index (χ4n) is 2.28. The van der Waals surface area contributed by atoms with Gasteiger partial charge < -0.3 is 10.4 Å². The number of carbonyl (C=O) groups excluding carboxylic acids is 1. The van der Waals surface area contributed by atoms with E-state index < -0.39 is 0 Å². The lowest BCUT2D eigenvalue weighted by Gasteiger charge is -2.09. The van der Waals surface area contributed by atoms with Crippen molar-refractivity contribution in [2.45, 2.75) is 38.5 Å². The molecule has 0 saturated carbocycles. The first kappa shape index (κ1) is 12.1. The summed E-state index contributed by atoms with van der Waals surface area (Å²) in [6.07, 6.45) is 6.66. The molecule has 2 rings (SSSR count). The zero-order chi connectivity index (χ0) is 12.1. The molecule has 1 aliphatic carbocycles. The summed E-state index contributed by atoms with van der Waals surface area (Å²) in [5, 5.41) is 18.4. The number of aromatic amines is 1. The molecule has 1 aliphatic rings. The lowest BCUT2D eigenvalue weighted by Crippen LogP contribution is -2.27. The quantitative estimate of drug-likeness (QED) is 0.727. The van der Waals surface area contributed by atoms with Gasteiger partial charge in [-0.15, -0.1) is 0 Å². The van der Waals surface area contributed by atoms with Crippen LogP contribution in [0.1, 0.15) is 47.4 Å². The molecule has 94 valence electrons. The molecular weight excluding hydrogens is 218 g/mol. The van der Waals surface area contributed by atoms with Crippen LogP contribution < -0.4 is 5.32 Å². The predicted octanol–water partition coefficient (Wildman–Crippen LogP) is 0.791. The maximum atomic E-state index is 11.8. The van der Waals surface area contributed by atoms with Crippen LogP contribution in [0.15, 0.2) is 0 Å². The van der Waals surface area contributed by atoms with E-state index in [1.165, 1.54) is 12.8 Å². The van der Waals surface area contributed by atoms with Crippen LogP contribution in [0, 0.1) is 0 Å². The van der Waals surface area contributed by atoms with Crippen LogP contribution in [0.3, 0.4) is 0 Å². The molecule has 1 aromatic heterocycles. The molecule has 5 nitrogen and oxygen atoms in total. The summed E-state index contributed by atoms with van der Waals surface area (Å²) in [5.74, 6) is -0.183. The van der Waals surface area contributed by atoms with Crippen LogP contribution in [0.25, 0.3) is 0 Å². The third-order valence-corrected chi connectivity index (χ3v) is 3.17. The molecule has 0 saturated heterocycles. The lowest BCUT2D eigenvalue weighted by atomic mass is 9.97. The van der Waals surface area contributed by atoms with Crippen molar-refractivity contribution in [3.63, 3.8) is 0 Å². The van der Waals surface area contributed by atoms with E-state index in [2.05, 4.69) is 15.5 Å². The molecule has 0 aromatic carbocycles. The Morgan fingerprint density at radius 2 is 2.06 bits per heavy atom. The van der Waals surface area contributed by atoms with Crippen LogP contribution in [-0.4, -0.2) is 34.4 Å². The number of aliphatic hydroxyl groups excluding tert-OH is 1. The van der Waals surface area contributed by atoms with Crippen LogP contribution in [0.4, 0.5) is 0 Å². The van der Waals surface area contributed by atoms with E-state index in [0.717, 1.165) is 36.9 Å². The van der Waals surface area contributed by atoms with Gasteiger partial charge in [-0.1, -0.05) is 12.8 Å². The smallest absolute Gasteiger partial charge is 0.272 e. The minimum absolute atomic E-state index is 0.0433. The number of aryl methyl sites for hydroxylation is 1.